The Morgan fingerprint density at radius 1 is 1.15 bits per heavy atom. The molecule has 1 aliphatic rings. The van der Waals surface area contributed by atoms with Crippen molar-refractivity contribution >= 4 is 11.6 Å². The lowest BCUT2D eigenvalue weighted by molar-refractivity contribution is 0.472. The van der Waals surface area contributed by atoms with Crippen LogP contribution in [0, 0.1) is 6.92 Å². The number of rotatable bonds is 5. The fraction of sp³-hybridized carbons (Fsp3) is 0.294. The van der Waals surface area contributed by atoms with Crippen LogP contribution in [0.4, 0.5) is 0 Å². The highest BCUT2D eigenvalue weighted by Gasteiger charge is 2.20. The molecule has 104 valence electrons. The van der Waals surface area contributed by atoms with E-state index in [1.807, 2.05) is 43.3 Å². The van der Waals surface area contributed by atoms with Crippen LogP contribution < -0.4 is 10.1 Å². The van der Waals surface area contributed by atoms with E-state index >= 15 is 0 Å². The molecule has 2 nitrogen and oxygen atoms in total. The largest absolute Gasteiger partial charge is 0.455 e. The molecule has 0 aliphatic heterocycles. The molecule has 3 heteroatoms. The highest BCUT2D eigenvalue weighted by Crippen LogP contribution is 2.32. The normalized spacial score (nSPS) is 14.3. The van der Waals surface area contributed by atoms with Gasteiger partial charge in [-0.15, -0.1) is 0 Å². The van der Waals surface area contributed by atoms with E-state index < -0.39 is 0 Å². The van der Waals surface area contributed by atoms with Crippen LogP contribution in [0.1, 0.15) is 24.0 Å². The lowest BCUT2D eigenvalue weighted by atomic mass is 10.2. The summed E-state index contributed by atoms with van der Waals surface area (Å²) < 4.78 is 5.98. The van der Waals surface area contributed by atoms with E-state index in [1.54, 1.807) is 0 Å². The van der Waals surface area contributed by atoms with Crippen molar-refractivity contribution in [2.24, 2.45) is 0 Å². The zero-order valence-electron chi connectivity index (χ0n) is 11.5. The number of aryl methyl sites for hydroxylation is 1. The summed E-state index contributed by atoms with van der Waals surface area (Å²) in [7, 11) is 0. The summed E-state index contributed by atoms with van der Waals surface area (Å²) in [4.78, 5) is 0. The number of hydrogen-bond acceptors (Lipinski definition) is 2. The molecule has 0 amide bonds. The van der Waals surface area contributed by atoms with Gasteiger partial charge in [0, 0.05) is 18.2 Å². The number of hydrogen-bond donors (Lipinski definition) is 1. The van der Waals surface area contributed by atoms with Gasteiger partial charge >= 0.3 is 0 Å². The second-order valence-electron chi connectivity index (χ2n) is 5.30. The second kappa shape index (κ2) is 5.86. The molecule has 0 unspecified atom stereocenters. The Labute approximate surface area is 124 Å². The maximum Gasteiger partial charge on any atom is 0.146 e. The molecule has 0 aromatic heterocycles. The molecule has 3 rings (SSSR count). The van der Waals surface area contributed by atoms with Gasteiger partial charge in [-0.2, -0.15) is 0 Å². The molecule has 1 saturated carbocycles. The van der Waals surface area contributed by atoms with Crippen molar-refractivity contribution in [3.8, 4) is 11.5 Å². The molecular formula is C17H18ClNO. The molecule has 1 N–H and O–H groups in total. The predicted molar refractivity (Wildman–Crippen MR) is 82.6 cm³/mol. The summed E-state index contributed by atoms with van der Waals surface area (Å²) >= 11 is 6.23. The fourth-order valence-corrected chi connectivity index (χ4v) is 2.37. The van der Waals surface area contributed by atoms with Gasteiger partial charge in [0.2, 0.25) is 0 Å². The lowest BCUT2D eigenvalue weighted by Gasteiger charge is -2.13. The molecule has 0 heterocycles. The summed E-state index contributed by atoms with van der Waals surface area (Å²) in [6, 6.07) is 14.6. The molecule has 20 heavy (non-hydrogen) atoms. The van der Waals surface area contributed by atoms with Crippen LogP contribution in [0.15, 0.2) is 42.5 Å². The van der Waals surface area contributed by atoms with E-state index in [-0.39, 0.29) is 0 Å². The topological polar surface area (TPSA) is 21.3 Å². The van der Waals surface area contributed by atoms with Gasteiger partial charge in [0.15, 0.2) is 0 Å². The van der Waals surface area contributed by atoms with Crippen LogP contribution in [0.25, 0.3) is 0 Å². The Balaban J connectivity index is 1.78. The minimum absolute atomic E-state index is 0.648. The molecule has 0 saturated heterocycles. The minimum atomic E-state index is 0.648. The summed E-state index contributed by atoms with van der Waals surface area (Å²) in [6.07, 6.45) is 2.57. The van der Waals surface area contributed by atoms with Crippen LogP contribution in [-0.2, 0) is 6.54 Å². The van der Waals surface area contributed by atoms with Gasteiger partial charge in [-0.3, -0.25) is 0 Å². The van der Waals surface area contributed by atoms with Crippen molar-refractivity contribution < 1.29 is 4.74 Å². The maximum atomic E-state index is 6.23. The fourth-order valence-electron chi connectivity index (χ4n) is 2.10. The van der Waals surface area contributed by atoms with Gasteiger partial charge in [-0.1, -0.05) is 35.9 Å². The zero-order chi connectivity index (χ0) is 13.9. The third kappa shape index (κ3) is 3.33. The molecule has 2 aromatic rings. The SMILES string of the molecule is Cc1ccc(Oc2ccccc2CNC2CC2)c(Cl)c1. The first kappa shape index (κ1) is 13.5. The first-order valence-corrected chi connectivity index (χ1v) is 7.35. The van der Waals surface area contributed by atoms with E-state index in [2.05, 4.69) is 11.4 Å². The van der Waals surface area contributed by atoms with Crippen molar-refractivity contribution in [1.82, 2.24) is 5.32 Å². The van der Waals surface area contributed by atoms with E-state index in [9.17, 15) is 0 Å². The molecular weight excluding hydrogens is 270 g/mol. The number of halogens is 1. The Morgan fingerprint density at radius 3 is 2.70 bits per heavy atom. The highest BCUT2D eigenvalue weighted by atomic mass is 35.5. The zero-order valence-corrected chi connectivity index (χ0v) is 12.3. The lowest BCUT2D eigenvalue weighted by Crippen LogP contribution is -2.15. The van der Waals surface area contributed by atoms with Crippen LogP contribution in [0.3, 0.4) is 0 Å². The van der Waals surface area contributed by atoms with Crippen molar-refractivity contribution in [2.45, 2.75) is 32.4 Å². The minimum Gasteiger partial charge on any atom is -0.455 e. The number of ether oxygens (including phenoxy) is 1. The van der Waals surface area contributed by atoms with Crippen molar-refractivity contribution in [2.75, 3.05) is 0 Å². The molecule has 2 aromatic carbocycles. The van der Waals surface area contributed by atoms with Gasteiger partial charge in [-0.05, 0) is 43.5 Å². The Bertz CT molecular complexity index is 608. The Hall–Kier alpha value is -1.51. The van der Waals surface area contributed by atoms with Crippen LogP contribution in [0.5, 0.6) is 11.5 Å². The van der Waals surface area contributed by atoms with Crippen molar-refractivity contribution in [3.63, 3.8) is 0 Å². The second-order valence-corrected chi connectivity index (χ2v) is 5.71. The standard InChI is InChI=1S/C17H18ClNO/c1-12-6-9-17(15(18)10-12)20-16-5-3-2-4-13(16)11-19-14-7-8-14/h2-6,9-10,14,19H,7-8,11H2,1H3. The number of para-hydroxylation sites is 1. The monoisotopic (exact) mass is 287 g/mol. The van der Waals surface area contributed by atoms with E-state index in [0.717, 1.165) is 23.4 Å². The first-order valence-electron chi connectivity index (χ1n) is 6.97. The third-order valence-electron chi connectivity index (χ3n) is 3.44. The first-order chi connectivity index (χ1) is 9.72. The number of benzene rings is 2. The molecule has 0 radical (unpaired) electrons. The smallest absolute Gasteiger partial charge is 0.146 e. The molecule has 0 bridgehead atoms. The third-order valence-corrected chi connectivity index (χ3v) is 3.73. The van der Waals surface area contributed by atoms with Gasteiger partial charge < -0.3 is 10.1 Å². The Morgan fingerprint density at radius 2 is 1.95 bits per heavy atom. The van der Waals surface area contributed by atoms with Gasteiger partial charge in [0.1, 0.15) is 11.5 Å². The average Bonchev–Trinajstić information content (AvgIpc) is 3.25. The van der Waals surface area contributed by atoms with Gasteiger partial charge in [0.25, 0.3) is 0 Å². The Kier molecular flexibility index (Phi) is 3.95. The summed E-state index contributed by atoms with van der Waals surface area (Å²) in [5, 5.41) is 4.16. The van der Waals surface area contributed by atoms with E-state index in [4.69, 9.17) is 16.3 Å². The highest BCUT2D eigenvalue weighted by molar-refractivity contribution is 6.32. The molecule has 0 atom stereocenters. The van der Waals surface area contributed by atoms with Gasteiger partial charge in [0.05, 0.1) is 5.02 Å². The maximum absolute atomic E-state index is 6.23. The van der Waals surface area contributed by atoms with E-state index in [0.29, 0.717) is 16.8 Å². The van der Waals surface area contributed by atoms with Crippen molar-refractivity contribution in [3.05, 3.63) is 58.6 Å². The predicted octanol–water partition coefficient (Wildman–Crippen LogP) is 4.69. The van der Waals surface area contributed by atoms with Crippen LogP contribution in [0.2, 0.25) is 5.02 Å². The molecule has 0 spiro atoms. The summed E-state index contributed by atoms with van der Waals surface area (Å²) in [6.45, 7) is 2.85. The van der Waals surface area contributed by atoms with Crippen molar-refractivity contribution in [1.29, 1.82) is 0 Å². The van der Waals surface area contributed by atoms with Gasteiger partial charge in [-0.25, -0.2) is 0 Å². The molecule has 1 aliphatic carbocycles. The molecule has 1 fully saturated rings. The number of nitrogens with one attached hydrogen (secondary N) is 1. The van der Waals surface area contributed by atoms with E-state index in [1.165, 1.54) is 12.8 Å². The summed E-state index contributed by atoms with van der Waals surface area (Å²) in [5.41, 5.74) is 2.29. The summed E-state index contributed by atoms with van der Waals surface area (Å²) in [5.74, 6) is 1.57. The van der Waals surface area contributed by atoms with Crippen LogP contribution >= 0.6 is 11.6 Å². The van der Waals surface area contributed by atoms with Crippen LogP contribution in [-0.4, -0.2) is 6.04 Å². The quantitative estimate of drug-likeness (QED) is 0.861. The average molecular weight is 288 g/mol.